The molecule has 5 nitrogen and oxygen atoms in total. The molecule has 0 fully saturated rings. The predicted octanol–water partition coefficient (Wildman–Crippen LogP) is 3.25. The number of nitrogens with one attached hydrogen (secondary N) is 1. The van der Waals surface area contributed by atoms with E-state index in [4.69, 9.17) is 0 Å². The first-order chi connectivity index (χ1) is 10.2. The number of nitro groups is 1. The monoisotopic (exact) mass is 281 g/mol. The highest BCUT2D eigenvalue weighted by Crippen LogP contribution is 2.31. The summed E-state index contributed by atoms with van der Waals surface area (Å²) in [7, 11) is 0. The van der Waals surface area contributed by atoms with E-state index in [-0.39, 0.29) is 16.7 Å². The molecule has 0 aliphatic carbocycles. The molecule has 3 rings (SSSR count). The third-order valence-electron chi connectivity index (χ3n) is 3.46. The van der Waals surface area contributed by atoms with Gasteiger partial charge >= 0.3 is 0 Å². The molecule has 5 heteroatoms. The molecule has 1 aliphatic heterocycles. The fourth-order valence-electron chi connectivity index (χ4n) is 2.49. The molecule has 106 valence electrons. The molecule has 2 aromatic carbocycles. The summed E-state index contributed by atoms with van der Waals surface area (Å²) < 4.78 is 0. The van der Waals surface area contributed by atoms with Gasteiger partial charge in [-0.25, -0.2) is 0 Å². The maximum absolute atomic E-state index is 11.4. The topological polar surface area (TPSA) is 67.5 Å². The largest absolute Gasteiger partial charge is 0.382 e. The molecule has 0 radical (unpaired) electrons. The smallest absolute Gasteiger partial charge is 0.280 e. The molecule has 1 heterocycles. The zero-order valence-electron chi connectivity index (χ0n) is 11.6. The summed E-state index contributed by atoms with van der Waals surface area (Å²) in [4.78, 5) is 15.7. The van der Waals surface area contributed by atoms with E-state index in [2.05, 4.69) is 10.3 Å². The molecule has 0 aromatic heterocycles. The number of rotatable bonds is 2. The summed E-state index contributed by atoms with van der Waals surface area (Å²) in [5.74, 6) is 0. The van der Waals surface area contributed by atoms with Crippen LogP contribution in [-0.4, -0.2) is 23.2 Å². The van der Waals surface area contributed by atoms with Crippen LogP contribution in [0.15, 0.2) is 53.5 Å². The Morgan fingerprint density at radius 2 is 1.95 bits per heavy atom. The van der Waals surface area contributed by atoms with Crippen LogP contribution in [0.3, 0.4) is 0 Å². The normalized spacial score (nSPS) is 17.2. The summed E-state index contributed by atoms with van der Waals surface area (Å²) in [5, 5.41) is 14.6. The number of aliphatic imine (C=N–C) groups is 1. The maximum atomic E-state index is 11.4. The lowest BCUT2D eigenvalue weighted by atomic mass is 9.99. The molecule has 1 N–H and O–H groups in total. The average Bonchev–Trinajstić information content (AvgIpc) is 2.67. The number of anilines is 1. The van der Waals surface area contributed by atoms with Gasteiger partial charge in [0.15, 0.2) is 0 Å². The molecule has 1 aliphatic rings. The van der Waals surface area contributed by atoms with Crippen LogP contribution < -0.4 is 5.32 Å². The fraction of sp³-hybridized carbons (Fsp3) is 0.188. The van der Waals surface area contributed by atoms with Crippen molar-refractivity contribution in [3.05, 3.63) is 69.8 Å². The van der Waals surface area contributed by atoms with Gasteiger partial charge in [0.05, 0.1) is 22.4 Å². The van der Waals surface area contributed by atoms with E-state index >= 15 is 0 Å². The van der Waals surface area contributed by atoms with Crippen molar-refractivity contribution in [3.8, 4) is 0 Å². The van der Waals surface area contributed by atoms with Gasteiger partial charge in [-0.15, -0.1) is 0 Å². The van der Waals surface area contributed by atoms with Gasteiger partial charge in [0, 0.05) is 18.2 Å². The minimum Gasteiger partial charge on any atom is -0.382 e. The van der Waals surface area contributed by atoms with Gasteiger partial charge in [-0.05, 0) is 13.0 Å². The second-order valence-corrected chi connectivity index (χ2v) is 5.03. The predicted molar refractivity (Wildman–Crippen MR) is 83.1 cm³/mol. The molecule has 0 saturated heterocycles. The van der Waals surface area contributed by atoms with Gasteiger partial charge in [0.2, 0.25) is 0 Å². The molecule has 0 bridgehead atoms. The number of nitro benzene ring substituents is 1. The average molecular weight is 281 g/mol. The summed E-state index contributed by atoms with van der Waals surface area (Å²) in [6.07, 6.45) is 0. The van der Waals surface area contributed by atoms with E-state index in [1.54, 1.807) is 6.07 Å². The van der Waals surface area contributed by atoms with E-state index < -0.39 is 0 Å². The molecular weight excluding hydrogens is 266 g/mol. The van der Waals surface area contributed by atoms with E-state index in [0.29, 0.717) is 17.8 Å². The van der Waals surface area contributed by atoms with Crippen LogP contribution in [0.1, 0.15) is 18.1 Å². The first kappa shape index (κ1) is 13.3. The van der Waals surface area contributed by atoms with Crippen molar-refractivity contribution in [2.24, 2.45) is 4.99 Å². The lowest BCUT2D eigenvalue weighted by molar-refractivity contribution is -0.385. The van der Waals surface area contributed by atoms with Crippen LogP contribution in [0.4, 0.5) is 11.4 Å². The third kappa shape index (κ3) is 2.50. The Balaban J connectivity index is 2.27. The van der Waals surface area contributed by atoms with Gasteiger partial charge in [0.25, 0.3) is 5.69 Å². The molecule has 2 aromatic rings. The van der Waals surface area contributed by atoms with E-state index in [1.807, 2.05) is 43.3 Å². The van der Waals surface area contributed by atoms with Gasteiger partial charge < -0.3 is 5.32 Å². The van der Waals surface area contributed by atoms with Crippen molar-refractivity contribution in [2.75, 3.05) is 11.9 Å². The fourth-order valence-corrected chi connectivity index (χ4v) is 2.49. The van der Waals surface area contributed by atoms with Crippen LogP contribution in [0.25, 0.3) is 0 Å². The van der Waals surface area contributed by atoms with E-state index in [1.165, 1.54) is 6.07 Å². The Hall–Kier alpha value is -2.69. The SMILES string of the molecule is CC1CNc2cccc([N+](=O)[O-])c2C(c2ccccc2)=N1. The highest BCUT2D eigenvalue weighted by atomic mass is 16.6. The second kappa shape index (κ2) is 5.36. The quantitative estimate of drug-likeness (QED) is 0.678. The molecule has 1 atom stereocenters. The Morgan fingerprint density at radius 1 is 1.19 bits per heavy atom. The molecule has 0 spiro atoms. The number of nitrogens with zero attached hydrogens (tertiary/aromatic N) is 2. The Bertz CT molecular complexity index is 711. The molecule has 1 unspecified atom stereocenters. The van der Waals surface area contributed by atoms with E-state index in [0.717, 1.165) is 11.3 Å². The minimum absolute atomic E-state index is 0.0483. The summed E-state index contributed by atoms with van der Waals surface area (Å²) in [6.45, 7) is 2.65. The lowest BCUT2D eigenvalue weighted by Gasteiger charge is -2.10. The van der Waals surface area contributed by atoms with Crippen molar-refractivity contribution in [2.45, 2.75) is 13.0 Å². The molecule has 21 heavy (non-hydrogen) atoms. The van der Waals surface area contributed by atoms with Crippen LogP contribution in [0.2, 0.25) is 0 Å². The highest BCUT2D eigenvalue weighted by Gasteiger charge is 2.25. The molecule has 0 amide bonds. The van der Waals surface area contributed by atoms with Crippen molar-refractivity contribution in [1.82, 2.24) is 0 Å². The van der Waals surface area contributed by atoms with Crippen molar-refractivity contribution in [1.29, 1.82) is 0 Å². The second-order valence-electron chi connectivity index (χ2n) is 5.03. The van der Waals surface area contributed by atoms with Gasteiger partial charge in [-0.2, -0.15) is 0 Å². The van der Waals surface area contributed by atoms with Gasteiger partial charge in [-0.1, -0.05) is 36.4 Å². The van der Waals surface area contributed by atoms with E-state index in [9.17, 15) is 10.1 Å². The van der Waals surface area contributed by atoms with Crippen molar-refractivity contribution < 1.29 is 4.92 Å². The minimum atomic E-state index is -0.352. The van der Waals surface area contributed by atoms with Gasteiger partial charge in [-0.3, -0.25) is 15.1 Å². The number of benzene rings is 2. The van der Waals surface area contributed by atoms with Crippen molar-refractivity contribution >= 4 is 17.1 Å². The first-order valence-electron chi connectivity index (χ1n) is 6.81. The van der Waals surface area contributed by atoms with Crippen molar-refractivity contribution in [3.63, 3.8) is 0 Å². The van der Waals surface area contributed by atoms with Crippen LogP contribution in [0, 0.1) is 10.1 Å². The Labute approximate surface area is 122 Å². The van der Waals surface area contributed by atoms with Crippen LogP contribution in [-0.2, 0) is 0 Å². The Morgan fingerprint density at radius 3 is 2.67 bits per heavy atom. The first-order valence-corrected chi connectivity index (χ1v) is 6.81. The summed E-state index contributed by atoms with van der Waals surface area (Å²) in [6, 6.07) is 14.7. The standard InChI is InChI=1S/C16H15N3O2/c1-11-10-17-13-8-5-9-14(19(20)21)15(13)16(18-11)12-6-3-2-4-7-12/h2-9,11,17H,10H2,1H3. The highest BCUT2D eigenvalue weighted by molar-refractivity contribution is 6.18. The number of hydrogen-bond donors (Lipinski definition) is 1. The van der Waals surface area contributed by atoms with Gasteiger partial charge in [0.1, 0.15) is 5.56 Å². The Kier molecular flexibility index (Phi) is 3.39. The lowest BCUT2D eigenvalue weighted by Crippen LogP contribution is -2.12. The molecule has 0 saturated carbocycles. The maximum Gasteiger partial charge on any atom is 0.280 e. The summed E-state index contributed by atoms with van der Waals surface area (Å²) >= 11 is 0. The third-order valence-corrected chi connectivity index (χ3v) is 3.46. The number of benzodiazepines with no additional fused rings is 1. The van der Waals surface area contributed by atoms with Crippen LogP contribution in [0.5, 0.6) is 0 Å². The number of fused-ring (bicyclic) bond motifs is 1. The summed E-state index contributed by atoms with van der Waals surface area (Å²) in [5.41, 5.74) is 2.98. The van der Waals surface area contributed by atoms with Crippen LogP contribution >= 0.6 is 0 Å². The number of hydrogen-bond acceptors (Lipinski definition) is 4. The molecular formula is C16H15N3O2. The zero-order valence-corrected chi connectivity index (χ0v) is 11.6. The zero-order chi connectivity index (χ0) is 14.8.